The van der Waals surface area contributed by atoms with Gasteiger partial charge in [0.15, 0.2) is 17.0 Å². The number of hydrogen-bond donors (Lipinski definition) is 4. The molecule has 2 aliphatic carbocycles. The van der Waals surface area contributed by atoms with Gasteiger partial charge in [0.1, 0.15) is 6.10 Å². The van der Waals surface area contributed by atoms with Crippen LogP contribution in [0.1, 0.15) is 23.2 Å². The summed E-state index contributed by atoms with van der Waals surface area (Å²) in [4.78, 5) is 26.6. The van der Waals surface area contributed by atoms with E-state index in [0.717, 1.165) is 4.88 Å². The zero-order valence-electron chi connectivity index (χ0n) is 16.6. The second-order valence-electron chi connectivity index (χ2n) is 7.68. The van der Waals surface area contributed by atoms with Crippen LogP contribution in [-0.2, 0) is 4.79 Å². The van der Waals surface area contributed by atoms with Gasteiger partial charge in [0.25, 0.3) is 0 Å². The number of carbonyl (C=O) groups is 1. The van der Waals surface area contributed by atoms with Crippen molar-refractivity contribution in [3.63, 3.8) is 0 Å². The number of fused-ring (bicyclic) bond motifs is 2. The Morgan fingerprint density at radius 2 is 2.13 bits per heavy atom. The number of carbonyl (C=O) groups excluding carboxylic acids is 1. The smallest absolute Gasteiger partial charge is 0.229 e. The third kappa shape index (κ3) is 2.92. The van der Waals surface area contributed by atoms with Crippen LogP contribution in [0.15, 0.2) is 18.5 Å². The van der Waals surface area contributed by atoms with Gasteiger partial charge in [-0.2, -0.15) is 0 Å². The van der Waals surface area contributed by atoms with Crippen molar-refractivity contribution in [1.29, 1.82) is 0 Å². The van der Waals surface area contributed by atoms with Gasteiger partial charge in [0.05, 0.1) is 33.1 Å². The molecule has 160 valence electrons. The highest BCUT2D eigenvalue weighted by atomic mass is 35.5. The summed E-state index contributed by atoms with van der Waals surface area (Å²) in [6.45, 7) is 0. The first-order chi connectivity index (χ1) is 14.9. The molecule has 3 heterocycles. The number of halogens is 1. The Balaban J connectivity index is 1.58. The van der Waals surface area contributed by atoms with Crippen molar-refractivity contribution >= 4 is 45.8 Å². The van der Waals surface area contributed by atoms with Gasteiger partial charge in [0.2, 0.25) is 11.7 Å². The fourth-order valence-electron chi connectivity index (χ4n) is 4.65. The highest BCUT2D eigenvalue weighted by molar-refractivity contribution is 7.16. The van der Waals surface area contributed by atoms with E-state index in [-0.39, 0.29) is 17.6 Å². The Morgan fingerprint density at radius 1 is 1.32 bits per heavy atom. The van der Waals surface area contributed by atoms with Gasteiger partial charge < -0.3 is 25.4 Å². The zero-order valence-corrected chi connectivity index (χ0v) is 18.2. The molecule has 5 atom stereocenters. The minimum atomic E-state index is -1.16. The average Bonchev–Trinajstić information content (AvgIpc) is 3.02. The summed E-state index contributed by atoms with van der Waals surface area (Å²) >= 11 is 7.32. The number of aliphatic hydroxyl groups is 2. The maximum atomic E-state index is 12.4. The number of nitrogens with zero attached hydrogens (tertiary/aromatic N) is 4. The molecule has 2 fully saturated rings. The summed E-state index contributed by atoms with van der Waals surface area (Å²) in [7, 11) is 3.26. The first-order valence-electron chi connectivity index (χ1n) is 9.68. The second kappa shape index (κ2) is 7.17. The van der Waals surface area contributed by atoms with Crippen molar-refractivity contribution < 1.29 is 15.0 Å². The van der Waals surface area contributed by atoms with Gasteiger partial charge in [-0.15, -0.1) is 11.3 Å². The molecule has 0 spiro atoms. The summed E-state index contributed by atoms with van der Waals surface area (Å²) in [5, 5.41) is 27.0. The number of nitrogens with one attached hydrogen (secondary N) is 2. The van der Waals surface area contributed by atoms with E-state index in [1.165, 1.54) is 18.4 Å². The highest BCUT2D eigenvalue weighted by Gasteiger charge is 2.75. The minimum Gasteiger partial charge on any atom is -0.389 e. The highest BCUT2D eigenvalue weighted by Crippen LogP contribution is 2.67. The van der Waals surface area contributed by atoms with Crippen LogP contribution in [0.3, 0.4) is 0 Å². The number of aromatic nitrogens is 4. The molecule has 0 saturated heterocycles. The van der Waals surface area contributed by atoms with Crippen LogP contribution < -0.4 is 10.6 Å². The van der Waals surface area contributed by atoms with Crippen molar-refractivity contribution in [3.05, 3.63) is 33.5 Å². The quantitative estimate of drug-likeness (QED) is 0.432. The van der Waals surface area contributed by atoms with Crippen molar-refractivity contribution in [2.24, 2.45) is 11.3 Å². The summed E-state index contributed by atoms with van der Waals surface area (Å²) in [5.41, 5.74) is 0.0192. The van der Waals surface area contributed by atoms with Gasteiger partial charge in [-0.3, -0.25) is 4.79 Å². The minimum absolute atomic E-state index is 0.217. The number of imidazole rings is 1. The third-order valence-electron chi connectivity index (χ3n) is 6.17. The van der Waals surface area contributed by atoms with Crippen LogP contribution in [0.4, 0.5) is 5.82 Å². The number of anilines is 1. The first kappa shape index (κ1) is 20.2. The van der Waals surface area contributed by atoms with Gasteiger partial charge in [0, 0.05) is 20.0 Å². The summed E-state index contributed by atoms with van der Waals surface area (Å²) < 4.78 is 2.37. The lowest BCUT2D eigenvalue weighted by Gasteiger charge is -2.23. The number of rotatable bonds is 3. The number of amides is 1. The molecule has 4 unspecified atom stereocenters. The predicted molar refractivity (Wildman–Crippen MR) is 116 cm³/mol. The Kier molecular flexibility index (Phi) is 4.67. The van der Waals surface area contributed by atoms with Crippen LogP contribution in [0.25, 0.3) is 11.2 Å². The van der Waals surface area contributed by atoms with Crippen LogP contribution in [0, 0.1) is 23.2 Å². The molecule has 0 bridgehead atoms. The van der Waals surface area contributed by atoms with Crippen LogP contribution >= 0.6 is 22.9 Å². The molecule has 3 aromatic rings. The van der Waals surface area contributed by atoms with E-state index in [1.54, 1.807) is 24.0 Å². The van der Waals surface area contributed by atoms with E-state index < -0.39 is 23.7 Å². The molecule has 0 aliphatic heterocycles. The average molecular weight is 459 g/mol. The Morgan fingerprint density at radius 3 is 2.81 bits per heavy atom. The monoisotopic (exact) mass is 458 g/mol. The topological polar surface area (TPSA) is 125 Å². The van der Waals surface area contributed by atoms with Gasteiger partial charge >= 0.3 is 0 Å². The first-order valence-corrected chi connectivity index (χ1v) is 10.9. The van der Waals surface area contributed by atoms with Gasteiger partial charge in [-0.1, -0.05) is 11.6 Å². The number of aliphatic hydroxyl groups excluding tert-OH is 2. The molecule has 0 radical (unpaired) electrons. The van der Waals surface area contributed by atoms with Gasteiger partial charge in [-0.05, 0) is 30.4 Å². The molecule has 5 rings (SSSR count). The van der Waals surface area contributed by atoms with E-state index in [4.69, 9.17) is 11.6 Å². The lowest BCUT2D eigenvalue weighted by atomic mass is 9.98. The zero-order chi connectivity index (χ0) is 21.9. The Hall–Kier alpha value is -2.71. The van der Waals surface area contributed by atoms with E-state index >= 15 is 0 Å². The molecule has 2 saturated carbocycles. The Bertz CT molecular complexity index is 1260. The fraction of sp³-hybridized carbons (Fsp3) is 0.400. The lowest BCUT2D eigenvalue weighted by molar-refractivity contribution is -0.132. The second-order valence-corrected chi connectivity index (χ2v) is 9.39. The molecular formula is C20H19ClN6O3S. The largest absolute Gasteiger partial charge is 0.389 e. The van der Waals surface area contributed by atoms with Crippen molar-refractivity contribution in [1.82, 2.24) is 24.8 Å². The van der Waals surface area contributed by atoms with E-state index in [2.05, 4.69) is 37.4 Å². The van der Waals surface area contributed by atoms with Crippen LogP contribution in [-0.4, -0.2) is 61.9 Å². The van der Waals surface area contributed by atoms with Crippen molar-refractivity contribution in [2.75, 3.05) is 19.4 Å². The Labute approximate surface area is 186 Å². The van der Waals surface area contributed by atoms with Crippen molar-refractivity contribution in [3.8, 4) is 11.8 Å². The molecule has 4 N–H and O–H groups in total. The molecule has 11 heteroatoms. The normalized spacial score (nSPS) is 28.7. The molecule has 3 aromatic heterocycles. The molecule has 0 aromatic carbocycles. The van der Waals surface area contributed by atoms with Gasteiger partial charge in [-0.25, -0.2) is 15.0 Å². The molecule has 31 heavy (non-hydrogen) atoms. The predicted octanol–water partition coefficient (Wildman–Crippen LogP) is 1.01. The van der Waals surface area contributed by atoms with Crippen molar-refractivity contribution in [2.45, 2.75) is 24.7 Å². The summed E-state index contributed by atoms with van der Waals surface area (Å²) in [5.74, 6) is 6.25. The molecule has 9 nitrogen and oxygen atoms in total. The third-order valence-corrected chi connectivity index (χ3v) is 7.32. The fourth-order valence-corrected chi connectivity index (χ4v) is 5.55. The van der Waals surface area contributed by atoms with Crippen LogP contribution in [0.5, 0.6) is 0 Å². The standard InChI is InChI=1S/C20H19ClN6O3S/c1-22-17-13-18(26-12(25-17)6-4-9-3-5-11(21)31-9)27(8-24-13)14-10-7-20(10,19(30)23-2)16(29)15(14)28/h3,5,8,10,14-16,28-29H,7H2,1-2H3,(H,23,30)(H,22,25,26)/t10?,14-,15?,16?,20?/m1/s1. The van der Waals surface area contributed by atoms with E-state index in [1.807, 2.05) is 6.07 Å². The maximum Gasteiger partial charge on any atom is 0.229 e. The number of hydrogen-bond acceptors (Lipinski definition) is 8. The SMILES string of the molecule is CNC(=O)C12CC1[C@@H](n1cnc3c(NC)nc(C#Cc4ccc(Cl)s4)nc31)C(O)C2O. The van der Waals surface area contributed by atoms with E-state index in [0.29, 0.717) is 27.7 Å². The summed E-state index contributed by atoms with van der Waals surface area (Å²) in [6.07, 6.45) is -0.224. The summed E-state index contributed by atoms with van der Waals surface area (Å²) in [6, 6.07) is 3.06. The molecule has 1 amide bonds. The van der Waals surface area contributed by atoms with E-state index in [9.17, 15) is 15.0 Å². The maximum absolute atomic E-state index is 12.4. The lowest BCUT2D eigenvalue weighted by Crippen LogP contribution is -2.41. The molecular weight excluding hydrogens is 440 g/mol. The number of thiophene rings is 1. The van der Waals surface area contributed by atoms with Crippen LogP contribution in [0.2, 0.25) is 4.34 Å². The molecule has 2 aliphatic rings.